The number of carbonyl (C=O) groups is 1. The van der Waals surface area contributed by atoms with E-state index in [1.165, 1.54) is 10.9 Å². The summed E-state index contributed by atoms with van der Waals surface area (Å²) < 4.78 is 6.83. The summed E-state index contributed by atoms with van der Waals surface area (Å²) in [6.07, 6.45) is 3.13. The highest BCUT2D eigenvalue weighted by atomic mass is 16.5. The van der Waals surface area contributed by atoms with E-state index in [1.807, 2.05) is 13.8 Å². The maximum atomic E-state index is 13.1. The summed E-state index contributed by atoms with van der Waals surface area (Å²) in [5.41, 5.74) is 0.878. The first-order chi connectivity index (χ1) is 13.0. The topological polar surface area (TPSA) is 94.1 Å². The van der Waals surface area contributed by atoms with Crippen LogP contribution in [-0.4, -0.2) is 37.0 Å². The van der Waals surface area contributed by atoms with Crippen molar-refractivity contribution in [3.63, 3.8) is 0 Å². The number of hydrogen-bond donors (Lipinski definition) is 0. The second kappa shape index (κ2) is 6.61. The predicted molar refractivity (Wildman–Crippen MR) is 98.4 cm³/mol. The molecule has 0 spiro atoms. The number of aryl methyl sites for hydroxylation is 1. The molecule has 3 aromatic rings. The smallest absolute Gasteiger partial charge is 0.260 e. The lowest BCUT2D eigenvalue weighted by Crippen LogP contribution is -2.31. The summed E-state index contributed by atoms with van der Waals surface area (Å²) >= 11 is 0. The molecule has 1 aliphatic heterocycles. The summed E-state index contributed by atoms with van der Waals surface area (Å²) in [5.74, 6) is 1.18. The predicted octanol–water partition coefficient (Wildman–Crippen LogP) is 2.42. The monoisotopic (exact) mass is 367 g/mol. The minimum Gasteiger partial charge on any atom is -0.337 e. The third-order valence-electron chi connectivity index (χ3n) is 4.94. The number of benzene rings is 1. The van der Waals surface area contributed by atoms with Gasteiger partial charge in [0.1, 0.15) is 6.04 Å². The summed E-state index contributed by atoms with van der Waals surface area (Å²) in [5, 5.41) is 4.51. The molecule has 1 saturated heterocycles. The van der Waals surface area contributed by atoms with Gasteiger partial charge in [0.15, 0.2) is 5.82 Å². The third kappa shape index (κ3) is 3.01. The summed E-state index contributed by atoms with van der Waals surface area (Å²) in [6.45, 7) is 4.63. The number of carbonyl (C=O) groups excluding carboxylic acids is 1. The SMILES string of the molecule is CC(C)c1noc([C@H]2CCCN2C(=O)c2ccc3c(=O)n(C)cnc3c2)n1. The van der Waals surface area contributed by atoms with Crippen molar-refractivity contribution in [3.8, 4) is 0 Å². The molecule has 0 N–H and O–H groups in total. The number of rotatable bonds is 3. The molecule has 0 unspecified atom stereocenters. The van der Waals surface area contributed by atoms with Gasteiger partial charge in [0, 0.05) is 25.1 Å². The van der Waals surface area contributed by atoms with E-state index in [4.69, 9.17) is 4.52 Å². The van der Waals surface area contributed by atoms with Gasteiger partial charge in [0.05, 0.1) is 17.2 Å². The Hall–Kier alpha value is -3.03. The van der Waals surface area contributed by atoms with E-state index in [1.54, 1.807) is 30.1 Å². The second-order valence-electron chi connectivity index (χ2n) is 7.19. The molecule has 1 aromatic carbocycles. The average Bonchev–Trinajstić information content (AvgIpc) is 3.32. The highest BCUT2D eigenvalue weighted by molar-refractivity contribution is 5.98. The molecule has 0 saturated carbocycles. The molecule has 0 bridgehead atoms. The molecule has 3 heterocycles. The van der Waals surface area contributed by atoms with Crippen molar-refractivity contribution in [2.45, 2.75) is 38.6 Å². The maximum absolute atomic E-state index is 13.1. The Kier molecular flexibility index (Phi) is 4.25. The zero-order chi connectivity index (χ0) is 19.1. The van der Waals surface area contributed by atoms with Crippen molar-refractivity contribution in [2.75, 3.05) is 6.54 Å². The van der Waals surface area contributed by atoms with E-state index < -0.39 is 0 Å². The second-order valence-corrected chi connectivity index (χ2v) is 7.19. The molecule has 8 heteroatoms. The van der Waals surface area contributed by atoms with Crippen LogP contribution in [0.3, 0.4) is 0 Å². The van der Waals surface area contributed by atoms with Gasteiger partial charge < -0.3 is 14.0 Å². The van der Waals surface area contributed by atoms with E-state index in [2.05, 4.69) is 15.1 Å². The van der Waals surface area contributed by atoms with Crippen molar-refractivity contribution in [1.82, 2.24) is 24.6 Å². The van der Waals surface area contributed by atoms with Crippen LogP contribution in [0.4, 0.5) is 0 Å². The lowest BCUT2D eigenvalue weighted by Gasteiger charge is -2.22. The number of fused-ring (bicyclic) bond motifs is 1. The molecule has 27 heavy (non-hydrogen) atoms. The van der Waals surface area contributed by atoms with Gasteiger partial charge in [0.2, 0.25) is 5.89 Å². The molecule has 1 fully saturated rings. The molecule has 8 nitrogen and oxygen atoms in total. The van der Waals surface area contributed by atoms with Crippen LogP contribution in [0.15, 0.2) is 33.8 Å². The minimum atomic E-state index is -0.218. The van der Waals surface area contributed by atoms with Crippen molar-refractivity contribution in [3.05, 3.63) is 52.2 Å². The summed E-state index contributed by atoms with van der Waals surface area (Å²) in [4.78, 5) is 35.7. The van der Waals surface area contributed by atoms with Crippen LogP contribution in [0.25, 0.3) is 10.9 Å². The Labute approximate surface area is 155 Å². The molecule has 2 aromatic heterocycles. The first kappa shape index (κ1) is 17.4. The van der Waals surface area contributed by atoms with E-state index in [0.29, 0.717) is 34.7 Å². The first-order valence-corrected chi connectivity index (χ1v) is 9.05. The van der Waals surface area contributed by atoms with Crippen LogP contribution in [0.5, 0.6) is 0 Å². The van der Waals surface area contributed by atoms with Crippen molar-refractivity contribution >= 4 is 16.8 Å². The quantitative estimate of drug-likeness (QED) is 0.706. The Morgan fingerprint density at radius 3 is 2.89 bits per heavy atom. The highest BCUT2D eigenvalue weighted by Crippen LogP contribution is 2.33. The van der Waals surface area contributed by atoms with Crippen LogP contribution >= 0.6 is 0 Å². The van der Waals surface area contributed by atoms with E-state index in [-0.39, 0.29) is 23.4 Å². The molecule has 1 atom stereocenters. The van der Waals surface area contributed by atoms with Crippen molar-refractivity contribution in [2.24, 2.45) is 7.05 Å². The van der Waals surface area contributed by atoms with Gasteiger partial charge in [-0.05, 0) is 31.0 Å². The fourth-order valence-electron chi connectivity index (χ4n) is 3.39. The first-order valence-electron chi connectivity index (χ1n) is 9.05. The largest absolute Gasteiger partial charge is 0.337 e. The molecule has 4 rings (SSSR count). The van der Waals surface area contributed by atoms with E-state index in [0.717, 1.165) is 12.8 Å². The summed E-state index contributed by atoms with van der Waals surface area (Å²) in [6, 6.07) is 4.79. The van der Waals surface area contributed by atoms with Gasteiger partial charge in [-0.2, -0.15) is 4.98 Å². The number of nitrogens with zero attached hydrogens (tertiary/aromatic N) is 5. The van der Waals surface area contributed by atoms with E-state index in [9.17, 15) is 9.59 Å². The maximum Gasteiger partial charge on any atom is 0.260 e. The molecule has 0 aliphatic carbocycles. The van der Waals surface area contributed by atoms with Crippen LogP contribution in [0.2, 0.25) is 0 Å². The lowest BCUT2D eigenvalue weighted by atomic mass is 10.1. The Bertz CT molecular complexity index is 1070. The van der Waals surface area contributed by atoms with Crippen LogP contribution in [0.1, 0.15) is 60.7 Å². The Morgan fingerprint density at radius 1 is 1.33 bits per heavy atom. The molecule has 0 radical (unpaired) electrons. The van der Waals surface area contributed by atoms with Gasteiger partial charge in [-0.3, -0.25) is 9.59 Å². The zero-order valence-electron chi connectivity index (χ0n) is 15.5. The van der Waals surface area contributed by atoms with Crippen LogP contribution in [0, 0.1) is 0 Å². The lowest BCUT2D eigenvalue weighted by molar-refractivity contribution is 0.0710. The van der Waals surface area contributed by atoms with Gasteiger partial charge >= 0.3 is 0 Å². The van der Waals surface area contributed by atoms with Crippen molar-refractivity contribution in [1.29, 1.82) is 0 Å². The molecule has 1 amide bonds. The van der Waals surface area contributed by atoms with Crippen LogP contribution in [-0.2, 0) is 7.05 Å². The Balaban J connectivity index is 1.65. The molecular formula is C19H21N5O3. The van der Waals surface area contributed by atoms with Gasteiger partial charge in [-0.1, -0.05) is 19.0 Å². The number of hydrogen-bond acceptors (Lipinski definition) is 6. The van der Waals surface area contributed by atoms with Gasteiger partial charge in [-0.25, -0.2) is 4.98 Å². The molecular weight excluding hydrogens is 346 g/mol. The van der Waals surface area contributed by atoms with Gasteiger partial charge in [-0.15, -0.1) is 0 Å². The fourth-order valence-corrected chi connectivity index (χ4v) is 3.39. The normalized spacial score (nSPS) is 17.2. The fraction of sp³-hybridized carbons (Fsp3) is 0.421. The average molecular weight is 367 g/mol. The number of aromatic nitrogens is 4. The van der Waals surface area contributed by atoms with Crippen molar-refractivity contribution < 1.29 is 9.32 Å². The highest BCUT2D eigenvalue weighted by Gasteiger charge is 2.34. The number of amides is 1. The van der Waals surface area contributed by atoms with Gasteiger partial charge in [0.25, 0.3) is 11.5 Å². The Morgan fingerprint density at radius 2 is 2.15 bits per heavy atom. The zero-order valence-corrected chi connectivity index (χ0v) is 15.5. The third-order valence-corrected chi connectivity index (χ3v) is 4.94. The minimum absolute atomic E-state index is 0.119. The summed E-state index contributed by atoms with van der Waals surface area (Å²) in [7, 11) is 1.65. The molecule has 140 valence electrons. The van der Waals surface area contributed by atoms with E-state index >= 15 is 0 Å². The van der Waals surface area contributed by atoms with Crippen LogP contribution < -0.4 is 5.56 Å². The standard InChI is InChI=1S/C19H21N5O3/c1-11(2)16-21-17(27-22-16)15-5-4-8-24(15)18(25)12-6-7-13-14(9-12)20-10-23(3)19(13)26/h6-7,9-11,15H,4-5,8H2,1-3H3/t15-/m1/s1. The molecule has 1 aliphatic rings. The number of likely N-dealkylation sites (tertiary alicyclic amines) is 1.